The molecule has 15 heavy (non-hydrogen) atoms. The Morgan fingerprint density at radius 1 is 1.33 bits per heavy atom. The number of rotatable bonds is 2. The van der Waals surface area contributed by atoms with Gasteiger partial charge in [-0.3, -0.25) is 0 Å². The van der Waals surface area contributed by atoms with Gasteiger partial charge in [-0.15, -0.1) is 0 Å². The number of hydrogen-bond donors (Lipinski definition) is 3. The molecule has 1 saturated heterocycles. The smallest absolute Gasteiger partial charge is 0.0423 e. The summed E-state index contributed by atoms with van der Waals surface area (Å²) in [6, 6.07) is 5.88. The summed E-state index contributed by atoms with van der Waals surface area (Å²) in [5, 5.41) is 10.5. The second-order valence-electron chi connectivity index (χ2n) is 3.69. The normalized spacial score (nSPS) is 16.4. The van der Waals surface area contributed by atoms with E-state index < -0.39 is 0 Å². The van der Waals surface area contributed by atoms with Crippen LogP contribution in [0, 0.1) is 5.41 Å². The summed E-state index contributed by atoms with van der Waals surface area (Å²) >= 11 is 0. The summed E-state index contributed by atoms with van der Waals surface area (Å²) in [6.07, 6.45) is 1.29. The van der Waals surface area contributed by atoms with Crippen LogP contribution >= 0.6 is 0 Å². The van der Waals surface area contributed by atoms with Crippen molar-refractivity contribution in [2.24, 2.45) is 0 Å². The number of benzene rings is 1. The van der Waals surface area contributed by atoms with Crippen molar-refractivity contribution < 1.29 is 0 Å². The van der Waals surface area contributed by atoms with Crippen LogP contribution in [0.2, 0.25) is 0 Å². The molecular formula is C11H16N4. The number of nitrogens with two attached hydrogens (primary N) is 1. The van der Waals surface area contributed by atoms with E-state index in [2.05, 4.69) is 10.2 Å². The van der Waals surface area contributed by atoms with Crippen molar-refractivity contribution in [1.82, 2.24) is 5.32 Å². The van der Waals surface area contributed by atoms with Gasteiger partial charge >= 0.3 is 0 Å². The molecule has 0 aliphatic carbocycles. The number of nitrogens with zero attached hydrogens (tertiary/aromatic N) is 1. The fraction of sp³-hybridized carbons (Fsp3) is 0.364. The molecule has 1 fully saturated rings. The third-order valence-corrected chi connectivity index (χ3v) is 2.71. The van der Waals surface area contributed by atoms with E-state index in [9.17, 15) is 0 Å². The molecule has 2 rings (SSSR count). The lowest BCUT2D eigenvalue weighted by Gasteiger charge is -2.29. The van der Waals surface area contributed by atoms with E-state index in [1.807, 2.05) is 18.2 Å². The molecule has 1 aromatic carbocycles. The van der Waals surface area contributed by atoms with Crippen LogP contribution in [-0.4, -0.2) is 32.4 Å². The predicted octanol–water partition coefficient (Wildman–Crippen LogP) is 0.676. The van der Waals surface area contributed by atoms with Gasteiger partial charge in [0.25, 0.3) is 0 Å². The maximum absolute atomic E-state index is 7.17. The van der Waals surface area contributed by atoms with Gasteiger partial charge in [0.05, 0.1) is 0 Å². The van der Waals surface area contributed by atoms with Gasteiger partial charge in [-0.2, -0.15) is 0 Å². The Bertz CT molecular complexity index is 356. The molecule has 0 atom stereocenters. The molecule has 0 saturated carbocycles. The monoisotopic (exact) mass is 204 g/mol. The van der Waals surface area contributed by atoms with Gasteiger partial charge in [-0.1, -0.05) is 0 Å². The third kappa shape index (κ3) is 2.10. The fourth-order valence-corrected chi connectivity index (χ4v) is 1.81. The second kappa shape index (κ2) is 4.31. The predicted molar refractivity (Wildman–Crippen MR) is 63.8 cm³/mol. The molecule has 0 spiro atoms. The SMILES string of the molecule is N=Cc1ccc(N2CCNCC2)cc1N. The van der Waals surface area contributed by atoms with Crippen molar-refractivity contribution in [3.63, 3.8) is 0 Å². The molecule has 4 N–H and O–H groups in total. The highest BCUT2D eigenvalue weighted by Crippen LogP contribution is 2.20. The summed E-state index contributed by atoms with van der Waals surface area (Å²) in [5.41, 5.74) is 8.46. The molecule has 1 aliphatic heterocycles. The van der Waals surface area contributed by atoms with E-state index in [4.69, 9.17) is 11.1 Å². The van der Waals surface area contributed by atoms with Crippen LogP contribution in [-0.2, 0) is 0 Å². The average Bonchev–Trinajstić information content (AvgIpc) is 2.30. The Morgan fingerprint density at radius 3 is 2.67 bits per heavy atom. The van der Waals surface area contributed by atoms with Crippen LogP contribution in [0.15, 0.2) is 18.2 Å². The summed E-state index contributed by atoms with van der Waals surface area (Å²) in [4.78, 5) is 2.31. The topological polar surface area (TPSA) is 65.1 Å². The molecule has 0 radical (unpaired) electrons. The van der Waals surface area contributed by atoms with Gasteiger partial charge in [-0.25, -0.2) is 0 Å². The van der Waals surface area contributed by atoms with Gasteiger partial charge < -0.3 is 21.4 Å². The minimum Gasteiger partial charge on any atom is -0.398 e. The highest BCUT2D eigenvalue weighted by Gasteiger charge is 2.10. The first-order chi connectivity index (χ1) is 7.31. The van der Waals surface area contributed by atoms with Gasteiger partial charge in [0.15, 0.2) is 0 Å². The van der Waals surface area contributed by atoms with Crippen molar-refractivity contribution in [1.29, 1.82) is 5.41 Å². The molecule has 1 heterocycles. The van der Waals surface area contributed by atoms with Crippen LogP contribution < -0.4 is 16.0 Å². The third-order valence-electron chi connectivity index (χ3n) is 2.71. The lowest BCUT2D eigenvalue weighted by Crippen LogP contribution is -2.43. The van der Waals surface area contributed by atoms with Crippen molar-refractivity contribution in [2.75, 3.05) is 36.8 Å². The zero-order valence-corrected chi connectivity index (χ0v) is 8.66. The zero-order chi connectivity index (χ0) is 10.7. The zero-order valence-electron chi connectivity index (χ0n) is 8.66. The molecule has 1 aromatic rings. The Kier molecular flexibility index (Phi) is 2.87. The molecule has 0 amide bonds. The van der Waals surface area contributed by atoms with E-state index in [1.54, 1.807) is 0 Å². The molecule has 4 heteroatoms. The number of anilines is 2. The molecule has 1 aliphatic rings. The molecular weight excluding hydrogens is 188 g/mol. The van der Waals surface area contributed by atoms with Gasteiger partial charge in [0, 0.05) is 49.3 Å². The summed E-state index contributed by atoms with van der Waals surface area (Å²) in [7, 11) is 0. The molecule has 0 aromatic heterocycles. The van der Waals surface area contributed by atoms with Crippen molar-refractivity contribution >= 4 is 17.6 Å². The van der Waals surface area contributed by atoms with E-state index in [-0.39, 0.29) is 0 Å². The van der Waals surface area contributed by atoms with E-state index >= 15 is 0 Å². The first-order valence-electron chi connectivity index (χ1n) is 5.17. The number of piperazine rings is 1. The maximum Gasteiger partial charge on any atom is 0.0423 e. The standard InChI is InChI=1S/C11H16N4/c12-8-9-1-2-10(7-11(9)13)15-5-3-14-4-6-15/h1-2,7-8,12,14H,3-6,13H2. The number of nitrogens with one attached hydrogen (secondary N) is 2. The summed E-state index contributed by atoms with van der Waals surface area (Å²) in [6.45, 7) is 4.07. The number of nitrogen functional groups attached to an aromatic ring is 1. The van der Waals surface area contributed by atoms with Gasteiger partial charge in [0.2, 0.25) is 0 Å². The van der Waals surface area contributed by atoms with E-state index in [0.717, 1.165) is 37.4 Å². The average molecular weight is 204 g/mol. The lowest BCUT2D eigenvalue weighted by molar-refractivity contribution is 0.589. The largest absolute Gasteiger partial charge is 0.398 e. The van der Waals surface area contributed by atoms with Crippen molar-refractivity contribution in [3.8, 4) is 0 Å². The first-order valence-corrected chi connectivity index (χ1v) is 5.17. The van der Waals surface area contributed by atoms with E-state index in [1.165, 1.54) is 6.21 Å². The molecule has 80 valence electrons. The molecule has 0 bridgehead atoms. The van der Waals surface area contributed by atoms with Gasteiger partial charge in [0.1, 0.15) is 0 Å². The quantitative estimate of drug-likeness (QED) is 0.490. The lowest BCUT2D eigenvalue weighted by atomic mass is 10.1. The molecule has 0 unspecified atom stereocenters. The second-order valence-corrected chi connectivity index (χ2v) is 3.69. The Morgan fingerprint density at radius 2 is 2.07 bits per heavy atom. The van der Waals surface area contributed by atoms with E-state index in [0.29, 0.717) is 5.69 Å². The van der Waals surface area contributed by atoms with Crippen LogP contribution in [0.1, 0.15) is 5.56 Å². The van der Waals surface area contributed by atoms with Crippen molar-refractivity contribution in [2.45, 2.75) is 0 Å². The summed E-state index contributed by atoms with van der Waals surface area (Å²) in [5.74, 6) is 0. The molecule has 4 nitrogen and oxygen atoms in total. The van der Waals surface area contributed by atoms with Crippen molar-refractivity contribution in [3.05, 3.63) is 23.8 Å². The number of hydrogen-bond acceptors (Lipinski definition) is 4. The minimum atomic E-state index is 0.682. The van der Waals surface area contributed by atoms with Crippen LogP contribution in [0.25, 0.3) is 0 Å². The Labute approximate surface area is 89.6 Å². The highest BCUT2D eigenvalue weighted by atomic mass is 15.2. The minimum absolute atomic E-state index is 0.682. The first kappa shape index (κ1) is 9.98. The highest BCUT2D eigenvalue weighted by molar-refractivity contribution is 5.86. The van der Waals surface area contributed by atoms with Gasteiger partial charge in [-0.05, 0) is 18.2 Å². The fourth-order valence-electron chi connectivity index (χ4n) is 1.81. The summed E-state index contributed by atoms with van der Waals surface area (Å²) < 4.78 is 0. The van der Waals surface area contributed by atoms with Crippen LogP contribution in [0.5, 0.6) is 0 Å². The Hall–Kier alpha value is -1.55. The Balaban J connectivity index is 2.21. The van der Waals surface area contributed by atoms with Crippen LogP contribution in [0.4, 0.5) is 11.4 Å². The van der Waals surface area contributed by atoms with Crippen LogP contribution in [0.3, 0.4) is 0 Å². The maximum atomic E-state index is 7.17.